The summed E-state index contributed by atoms with van der Waals surface area (Å²) in [7, 11) is 1.80. The summed E-state index contributed by atoms with van der Waals surface area (Å²) >= 11 is 0. The van der Waals surface area contributed by atoms with E-state index >= 15 is 0 Å². The monoisotopic (exact) mass is 349 g/mol. The molecule has 6 nitrogen and oxygen atoms in total. The summed E-state index contributed by atoms with van der Waals surface area (Å²) in [5.41, 5.74) is 3.04. The Hall–Kier alpha value is -2.89. The van der Waals surface area contributed by atoms with Gasteiger partial charge in [-0.3, -0.25) is 9.48 Å². The summed E-state index contributed by atoms with van der Waals surface area (Å²) in [5.74, 6) is 1.08. The molecule has 3 heterocycles. The molecule has 0 spiro atoms. The predicted octanol–water partition coefficient (Wildman–Crippen LogP) is 2.99. The Morgan fingerprint density at radius 3 is 2.73 bits per heavy atom. The molecule has 1 amide bonds. The molecule has 2 aromatic heterocycles. The van der Waals surface area contributed by atoms with E-state index in [-0.39, 0.29) is 11.8 Å². The number of imidazole rings is 1. The SMILES string of the molecule is CC(C)n1ccnc1[C@@H]1CN(C(=O)c2ccnn2C)Cc2ccccc21. The minimum absolute atomic E-state index is 0.00663. The normalized spacial score (nSPS) is 16.8. The molecule has 0 saturated heterocycles. The first-order valence-electron chi connectivity index (χ1n) is 8.94. The van der Waals surface area contributed by atoms with Crippen LogP contribution in [-0.2, 0) is 13.6 Å². The van der Waals surface area contributed by atoms with Gasteiger partial charge in [-0.25, -0.2) is 4.98 Å². The second kappa shape index (κ2) is 6.44. The maximum absolute atomic E-state index is 13.1. The highest BCUT2D eigenvalue weighted by Crippen LogP contribution is 2.34. The van der Waals surface area contributed by atoms with Gasteiger partial charge in [-0.2, -0.15) is 5.10 Å². The third-order valence-corrected chi connectivity index (χ3v) is 5.09. The number of fused-ring (bicyclic) bond motifs is 1. The summed E-state index contributed by atoms with van der Waals surface area (Å²) < 4.78 is 3.83. The Kier molecular flexibility index (Phi) is 4.11. The number of rotatable bonds is 3. The zero-order valence-electron chi connectivity index (χ0n) is 15.3. The molecule has 1 aliphatic rings. The van der Waals surface area contributed by atoms with Crippen LogP contribution in [0.4, 0.5) is 0 Å². The van der Waals surface area contributed by atoms with Crippen molar-refractivity contribution in [3.8, 4) is 0 Å². The molecule has 1 atom stereocenters. The average molecular weight is 349 g/mol. The number of nitrogens with zero attached hydrogens (tertiary/aromatic N) is 5. The van der Waals surface area contributed by atoms with Crippen molar-refractivity contribution < 1.29 is 4.79 Å². The first-order valence-corrected chi connectivity index (χ1v) is 8.94. The molecule has 0 bridgehead atoms. The maximum Gasteiger partial charge on any atom is 0.272 e. The van der Waals surface area contributed by atoms with Gasteiger partial charge < -0.3 is 9.47 Å². The highest BCUT2D eigenvalue weighted by atomic mass is 16.2. The molecule has 1 aromatic carbocycles. The van der Waals surface area contributed by atoms with Gasteiger partial charge >= 0.3 is 0 Å². The summed E-state index contributed by atoms with van der Waals surface area (Å²) in [5, 5.41) is 4.14. The van der Waals surface area contributed by atoms with Crippen molar-refractivity contribution >= 4 is 5.91 Å². The first kappa shape index (κ1) is 16.6. The smallest absolute Gasteiger partial charge is 0.272 e. The summed E-state index contributed by atoms with van der Waals surface area (Å²) in [6, 6.07) is 10.4. The van der Waals surface area contributed by atoms with Crippen molar-refractivity contribution in [2.75, 3.05) is 6.54 Å². The molecule has 0 radical (unpaired) electrons. The van der Waals surface area contributed by atoms with E-state index in [0.717, 1.165) is 5.82 Å². The summed E-state index contributed by atoms with van der Waals surface area (Å²) in [6.07, 6.45) is 5.53. The minimum atomic E-state index is 0.00663. The van der Waals surface area contributed by atoms with E-state index in [9.17, 15) is 4.79 Å². The van der Waals surface area contributed by atoms with Gasteiger partial charge in [-0.05, 0) is 31.0 Å². The van der Waals surface area contributed by atoms with Crippen LogP contribution in [-0.4, -0.2) is 36.7 Å². The lowest BCUT2D eigenvalue weighted by molar-refractivity contribution is 0.0711. The molecule has 134 valence electrons. The molecule has 3 aromatic rings. The van der Waals surface area contributed by atoms with E-state index in [1.807, 2.05) is 23.4 Å². The molecular weight excluding hydrogens is 326 g/mol. The lowest BCUT2D eigenvalue weighted by atomic mass is 9.88. The molecule has 0 fully saturated rings. The van der Waals surface area contributed by atoms with E-state index in [0.29, 0.717) is 24.8 Å². The van der Waals surface area contributed by atoms with Gasteiger partial charge in [0.05, 0.1) is 5.92 Å². The second-order valence-electron chi connectivity index (χ2n) is 7.06. The number of hydrogen-bond donors (Lipinski definition) is 0. The van der Waals surface area contributed by atoms with E-state index in [1.54, 1.807) is 24.0 Å². The van der Waals surface area contributed by atoms with Crippen molar-refractivity contribution in [1.29, 1.82) is 0 Å². The molecule has 6 heteroatoms. The minimum Gasteiger partial charge on any atom is -0.332 e. The fourth-order valence-corrected chi connectivity index (χ4v) is 3.76. The van der Waals surface area contributed by atoms with Crippen molar-refractivity contribution in [1.82, 2.24) is 24.2 Å². The molecular formula is C20H23N5O. The van der Waals surface area contributed by atoms with Gasteiger partial charge in [-0.15, -0.1) is 0 Å². The number of hydrogen-bond acceptors (Lipinski definition) is 3. The fourth-order valence-electron chi connectivity index (χ4n) is 3.76. The van der Waals surface area contributed by atoms with Crippen LogP contribution < -0.4 is 0 Å². The molecule has 0 saturated carbocycles. The van der Waals surface area contributed by atoms with Crippen LogP contribution in [0.2, 0.25) is 0 Å². The quantitative estimate of drug-likeness (QED) is 0.730. The van der Waals surface area contributed by atoms with Crippen LogP contribution >= 0.6 is 0 Å². The first-order chi connectivity index (χ1) is 12.6. The number of benzene rings is 1. The largest absolute Gasteiger partial charge is 0.332 e. The summed E-state index contributed by atoms with van der Waals surface area (Å²) in [6.45, 7) is 5.53. The van der Waals surface area contributed by atoms with Crippen LogP contribution in [0.3, 0.4) is 0 Å². The Balaban J connectivity index is 1.75. The van der Waals surface area contributed by atoms with E-state index in [2.05, 4.69) is 46.7 Å². The Morgan fingerprint density at radius 2 is 2.00 bits per heavy atom. The number of amides is 1. The Labute approximate surface area is 153 Å². The zero-order valence-corrected chi connectivity index (χ0v) is 15.3. The molecule has 4 rings (SSSR count). The average Bonchev–Trinajstić information content (AvgIpc) is 3.29. The van der Waals surface area contributed by atoms with Crippen LogP contribution in [0, 0.1) is 0 Å². The van der Waals surface area contributed by atoms with Crippen LogP contribution in [0.5, 0.6) is 0 Å². The van der Waals surface area contributed by atoms with Crippen LogP contribution in [0.15, 0.2) is 48.9 Å². The summed E-state index contributed by atoms with van der Waals surface area (Å²) in [4.78, 5) is 19.6. The highest BCUT2D eigenvalue weighted by molar-refractivity contribution is 5.92. The number of carbonyl (C=O) groups is 1. The molecule has 26 heavy (non-hydrogen) atoms. The van der Waals surface area contributed by atoms with Crippen molar-refractivity contribution in [2.24, 2.45) is 7.05 Å². The molecule has 0 N–H and O–H groups in total. The lowest BCUT2D eigenvalue weighted by Gasteiger charge is -2.35. The van der Waals surface area contributed by atoms with E-state index in [4.69, 9.17) is 0 Å². The fraction of sp³-hybridized carbons (Fsp3) is 0.350. The van der Waals surface area contributed by atoms with E-state index in [1.165, 1.54) is 11.1 Å². The van der Waals surface area contributed by atoms with Crippen molar-refractivity contribution in [3.63, 3.8) is 0 Å². The number of aromatic nitrogens is 4. The van der Waals surface area contributed by atoms with Crippen molar-refractivity contribution in [2.45, 2.75) is 32.4 Å². The van der Waals surface area contributed by atoms with Crippen LogP contribution in [0.25, 0.3) is 0 Å². The molecule has 0 unspecified atom stereocenters. The van der Waals surface area contributed by atoms with Gasteiger partial charge in [0.2, 0.25) is 0 Å². The zero-order chi connectivity index (χ0) is 18.3. The van der Waals surface area contributed by atoms with Gasteiger partial charge in [-0.1, -0.05) is 24.3 Å². The second-order valence-corrected chi connectivity index (χ2v) is 7.06. The Bertz CT molecular complexity index is 939. The molecule has 0 aliphatic carbocycles. The van der Waals surface area contributed by atoms with Crippen LogP contribution in [0.1, 0.15) is 53.2 Å². The number of carbonyl (C=O) groups excluding carboxylic acids is 1. The molecule has 1 aliphatic heterocycles. The topological polar surface area (TPSA) is 56.0 Å². The number of aryl methyl sites for hydroxylation is 1. The third-order valence-electron chi connectivity index (χ3n) is 5.09. The van der Waals surface area contributed by atoms with E-state index < -0.39 is 0 Å². The highest BCUT2D eigenvalue weighted by Gasteiger charge is 2.32. The Morgan fingerprint density at radius 1 is 1.19 bits per heavy atom. The van der Waals surface area contributed by atoms with Gasteiger partial charge in [0.25, 0.3) is 5.91 Å². The predicted molar refractivity (Wildman–Crippen MR) is 98.8 cm³/mol. The lowest BCUT2D eigenvalue weighted by Crippen LogP contribution is -2.40. The van der Waals surface area contributed by atoms with Crippen molar-refractivity contribution in [3.05, 3.63) is 71.6 Å². The maximum atomic E-state index is 13.1. The van der Waals surface area contributed by atoms with Gasteiger partial charge in [0.15, 0.2) is 0 Å². The van der Waals surface area contributed by atoms with Gasteiger partial charge in [0.1, 0.15) is 11.5 Å². The van der Waals surface area contributed by atoms with Gasteiger partial charge in [0, 0.05) is 44.8 Å². The standard InChI is InChI=1S/C20H23N5O/c1-14(2)25-11-10-21-19(25)17-13-24(12-15-6-4-5-7-16(15)17)20(26)18-8-9-22-23(18)3/h4-11,14,17H,12-13H2,1-3H3/t17-/m1/s1. The third kappa shape index (κ3) is 2.71.